The maximum Gasteiger partial charge on any atom is 0.291 e. The molecule has 25 heavy (non-hydrogen) atoms. The largest absolute Gasteiger partial charge is 0.440 e. The molecule has 0 spiro atoms. The van der Waals surface area contributed by atoms with E-state index in [0.717, 1.165) is 31.6 Å². The number of nitrogens with zero attached hydrogens (tertiary/aromatic N) is 5. The molecule has 1 amide bonds. The zero-order valence-corrected chi connectivity index (χ0v) is 13.5. The lowest BCUT2D eigenvalue weighted by atomic mass is 10.1. The number of nitriles is 1. The first-order valence-corrected chi connectivity index (χ1v) is 7.96. The molecule has 0 unspecified atom stereocenters. The van der Waals surface area contributed by atoms with Gasteiger partial charge in [0.25, 0.3) is 5.91 Å². The quantitative estimate of drug-likeness (QED) is 0.507. The highest BCUT2D eigenvalue weighted by molar-refractivity contribution is 6.04. The van der Waals surface area contributed by atoms with Gasteiger partial charge in [0.15, 0.2) is 5.76 Å². The third-order valence-corrected chi connectivity index (χ3v) is 4.03. The molecule has 1 N–H and O–H groups in total. The molecule has 8 heteroatoms. The topological polar surface area (TPSA) is 118 Å². The average Bonchev–Trinajstić information content (AvgIpc) is 3.13. The zero-order valence-electron chi connectivity index (χ0n) is 13.5. The Balaban J connectivity index is 1.89. The minimum Gasteiger partial charge on any atom is -0.440 e. The van der Waals surface area contributed by atoms with Gasteiger partial charge in [-0.1, -0.05) is 11.2 Å². The van der Waals surface area contributed by atoms with Gasteiger partial charge in [0.05, 0.1) is 11.4 Å². The summed E-state index contributed by atoms with van der Waals surface area (Å²) in [5.74, 6) is -0.281. The molecule has 2 heterocycles. The average molecular weight is 336 g/mol. The molecule has 1 aliphatic rings. The molecular formula is C17H16N6O2. The number of amides is 1. The number of anilines is 2. The Morgan fingerprint density at radius 3 is 2.76 bits per heavy atom. The maximum absolute atomic E-state index is 12.4. The number of carbonyl (C=O) groups excluding carboxylic acids is 1. The van der Waals surface area contributed by atoms with Crippen molar-refractivity contribution in [3.8, 4) is 6.07 Å². The molecule has 0 bridgehead atoms. The van der Waals surface area contributed by atoms with Gasteiger partial charge in [0.1, 0.15) is 6.07 Å². The van der Waals surface area contributed by atoms with Crippen molar-refractivity contribution >= 4 is 23.0 Å². The smallest absolute Gasteiger partial charge is 0.291 e. The second kappa shape index (κ2) is 7.43. The van der Waals surface area contributed by atoms with Gasteiger partial charge in [-0.3, -0.25) is 4.79 Å². The molecule has 1 saturated heterocycles. The van der Waals surface area contributed by atoms with Gasteiger partial charge in [0, 0.05) is 23.7 Å². The number of piperidine rings is 1. The predicted octanol–water partition coefficient (Wildman–Crippen LogP) is 4.34. The van der Waals surface area contributed by atoms with Crippen molar-refractivity contribution < 1.29 is 9.21 Å². The molecule has 2 aromatic rings. The van der Waals surface area contributed by atoms with E-state index in [1.54, 1.807) is 18.2 Å². The van der Waals surface area contributed by atoms with Gasteiger partial charge in [-0.25, -0.2) is 0 Å². The van der Waals surface area contributed by atoms with Crippen molar-refractivity contribution in [2.45, 2.75) is 19.3 Å². The molecule has 126 valence electrons. The van der Waals surface area contributed by atoms with E-state index in [0.29, 0.717) is 11.4 Å². The Bertz CT molecular complexity index is 870. The van der Waals surface area contributed by atoms with Crippen LogP contribution in [-0.4, -0.2) is 19.0 Å². The van der Waals surface area contributed by atoms with E-state index in [4.69, 9.17) is 15.2 Å². The molecule has 1 fully saturated rings. The number of nitrogens with one attached hydrogen (secondary N) is 1. The van der Waals surface area contributed by atoms with Gasteiger partial charge >= 0.3 is 0 Å². The van der Waals surface area contributed by atoms with Crippen molar-refractivity contribution in [2.24, 2.45) is 5.11 Å². The van der Waals surface area contributed by atoms with Crippen molar-refractivity contribution in [1.29, 1.82) is 5.26 Å². The number of hydrogen-bond acceptors (Lipinski definition) is 5. The van der Waals surface area contributed by atoms with E-state index in [1.165, 1.54) is 18.6 Å². The summed E-state index contributed by atoms with van der Waals surface area (Å²) in [4.78, 5) is 17.4. The molecule has 8 nitrogen and oxygen atoms in total. The second-order valence-corrected chi connectivity index (χ2v) is 5.67. The van der Waals surface area contributed by atoms with Crippen molar-refractivity contribution in [3.63, 3.8) is 0 Å². The van der Waals surface area contributed by atoms with Crippen LogP contribution in [0.2, 0.25) is 0 Å². The Kier molecular flexibility index (Phi) is 4.88. The van der Waals surface area contributed by atoms with Crippen LogP contribution in [0.1, 0.15) is 35.6 Å². The second-order valence-electron chi connectivity index (χ2n) is 5.67. The first kappa shape index (κ1) is 16.4. The van der Waals surface area contributed by atoms with E-state index < -0.39 is 5.91 Å². The number of azide groups is 1. The lowest BCUT2D eigenvalue weighted by molar-refractivity contribution is 0.0996. The fourth-order valence-electron chi connectivity index (χ4n) is 2.84. The van der Waals surface area contributed by atoms with Gasteiger partial charge in [-0.2, -0.15) is 5.26 Å². The fraction of sp³-hybridized carbons (Fsp3) is 0.294. The Labute approximate surface area is 144 Å². The van der Waals surface area contributed by atoms with E-state index in [1.807, 2.05) is 6.07 Å². The summed E-state index contributed by atoms with van der Waals surface area (Å²) in [5.41, 5.74) is 10.6. The van der Waals surface area contributed by atoms with Crippen LogP contribution in [0, 0.1) is 11.3 Å². The van der Waals surface area contributed by atoms with Gasteiger partial charge in [0.2, 0.25) is 5.76 Å². The summed E-state index contributed by atoms with van der Waals surface area (Å²) in [7, 11) is 0. The van der Waals surface area contributed by atoms with Crippen molar-refractivity contribution in [3.05, 3.63) is 52.3 Å². The van der Waals surface area contributed by atoms with E-state index in [2.05, 4.69) is 20.2 Å². The van der Waals surface area contributed by atoms with Gasteiger partial charge in [-0.15, -0.1) is 0 Å². The normalized spacial score (nSPS) is 13.6. The van der Waals surface area contributed by atoms with Crippen LogP contribution >= 0.6 is 0 Å². The standard InChI is InChI=1S/C17H16N6O2/c18-11-13-5-7-16(25-13)17(24)20-14-6-4-12(21-22-19)10-15(14)23-8-2-1-3-9-23/h4-7,10H,1-3,8-9H2,(H,20,24). The molecule has 3 rings (SSSR count). The first-order valence-electron chi connectivity index (χ1n) is 7.96. The summed E-state index contributed by atoms with van der Waals surface area (Å²) in [6.45, 7) is 1.75. The maximum atomic E-state index is 12.4. The lowest BCUT2D eigenvalue weighted by Crippen LogP contribution is -2.30. The third-order valence-electron chi connectivity index (χ3n) is 4.03. The summed E-state index contributed by atoms with van der Waals surface area (Å²) < 4.78 is 5.16. The molecule has 1 aromatic carbocycles. The summed E-state index contributed by atoms with van der Waals surface area (Å²) in [6, 6.07) is 9.88. The Hall–Kier alpha value is -3.43. The monoisotopic (exact) mass is 336 g/mol. The van der Waals surface area contributed by atoms with Crippen LogP contribution in [0.3, 0.4) is 0 Å². The fourth-order valence-corrected chi connectivity index (χ4v) is 2.84. The van der Waals surface area contributed by atoms with E-state index in [9.17, 15) is 4.79 Å². The summed E-state index contributed by atoms with van der Waals surface area (Å²) >= 11 is 0. The van der Waals surface area contributed by atoms with Crippen LogP contribution < -0.4 is 10.2 Å². The lowest BCUT2D eigenvalue weighted by Gasteiger charge is -2.30. The minimum atomic E-state index is -0.434. The predicted molar refractivity (Wildman–Crippen MR) is 92.7 cm³/mol. The molecule has 0 atom stereocenters. The number of carbonyl (C=O) groups is 1. The first-order chi connectivity index (χ1) is 12.2. The zero-order chi connectivity index (χ0) is 17.6. The molecule has 0 saturated carbocycles. The third kappa shape index (κ3) is 3.74. The Morgan fingerprint density at radius 2 is 2.08 bits per heavy atom. The molecule has 0 aliphatic carbocycles. The Morgan fingerprint density at radius 1 is 1.28 bits per heavy atom. The highest BCUT2D eigenvalue weighted by atomic mass is 16.3. The number of furan rings is 1. The van der Waals surface area contributed by atoms with Crippen LogP contribution in [0.4, 0.5) is 17.1 Å². The van der Waals surface area contributed by atoms with Crippen molar-refractivity contribution in [2.75, 3.05) is 23.3 Å². The van der Waals surface area contributed by atoms with Gasteiger partial charge < -0.3 is 14.6 Å². The summed E-state index contributed by atoms with van der Waals surface area (Å²) in [6.07, 6.45) is 3.32. The highest BCUT2D eigenvalue weighted by Crippen LogP contribution is 2.33. The van der Waals surface area contributed by atoms with Crippen LogP contribution in [0.25, 0.3) is 10.4 Å². The summed E-state index contributed by atoms with van der Waals surface area (Å²) in [5, 5.41) is 15.2. The highest BCUT2D eigenvalue weighted by Gasteiger charge is 2.18. The van der Waals surface area contributed by atoms with Crippen LogP contribution in [-0.2, 0) is 0 Å². The molecule has 1 aliphatic heterocycles. The minimum absolute atomic E-state index is 0.0697. The number of benzene rings is 1. The number of rotatable bonds is 4. The molecule has 1 aromatic heterocycles. The van der Waals surface area contributed by atoms with Crippen LogP contribution in [0.15, 0.2) is 39.9 Å². The number of hydrogen-bond donors (Lipinski definition) is 1. The van der Waals surface area contributed by atoms with E-state index >= 15 is 0 Å². The van der Waals surface area contributed by atoms with E-state index in [-0.39, 0.29) is 11.5 Å². The van der Waals surface area contributed by atoms with Crippen molar-refractivity contribution in [1.82, 2.24) is 0 Å². The van der Waals surface area contributed by atoms with Crippen LogP contribution in [0.5, 0.6) is 0 Å². The SMILES string of the molecule is N#Cc1ccc(C(=O)Nc2ccc(N=[N+]=[N-])cc2N2CCCCC2)o1. The molecule has 0 radical (unpaired) electrons. The molecular weight excluding hydrogens is 320 g/mol. The van der Waals surface area contributed by atoms with Gasteiger partial charge in [-0.05, 0) is 49.1 Å².